The maximum Gasteiger partial charge on any atom is 0.321 e. The number of likely N-dealkylation sites (N-methyl/N-ethyl adjacent to an activating group) is 1. The molecule has 2 aromatic carbocycles. The van der Waals surface area contributed by atoms with Gasteiger partial charge in [-0.15, -0.1) is 0 Å². The molecule has 3 N–H and O–H groups in total. The van der Waals surface area contributed by atoms with Crippen molar-refractivity contribution in [2.24, 2.45) is 5.92 Å². The zero-order valence-corrected chi connectivity index (χ0v) is 24.3. The number of hydrogen-bond acceptors (Lipinski definition) is 7. The molecule has 42 heavy (non-hydrogen) atoms. The summed E-state index contributed by atoms with van der Waals surface area (Å²) < 4.78 is 24.9. The Morgan fingerprint density at radius 1 is 1.12 bits per heavy atom. The maximum atomic E-state index is 13.7. The van der Waals surface area contributed by atoms with Crippen LogP contribution >= 0.6 is 0 Å². The number of aliphatic hydroxyl groups is 1. The fraction of sp³-hybridized carbons (Fsp3) is 0.500. The monoisotopic (exact) mass is 585 g/mol. The second kappa shape index (κ2) is 14.4. The number of ether oxygens (including phenoxy) is 2. The first kappa shape index (κ1) is 31.2. The Morgan fingerprint density at radius 3 is 2.50 bits per heavy atom. The van der Waals surface area contributed by atoms with Gasteiger partial charge in [-0.1, -0.05) is 6.92 Å². The topological polar surface area (TPSA) is 124 Å². The van der Waals surface area contributed by atoms with Crippen LogP contribution in [0.3, 0.4) is 0 Å². The van der Waals surface area contributed by atoms with Gasteiger partial charge in [-0.05, 0) is 49.4 Å². The van der Waals surface area contributed by atoms with Gasteiger partial charge in [0.2, 0.25) is 5.91 Å². The zero-order chi connectivity index (χ0) is 30.2. The molecule has 0 unspecified atom stereocenters. The molecule has 11 nitrogen and oxygen atoms in total. The van der Waals surface area contributed by atoms with Gasteiger partial charge in [-0.2, -0.15) is 0 Å². The average Bonchev–Trinajstić information content (AvgIpc) is 2.99. The number of fused-ring (bicyclic) bond motifs is 1. The van der Waals surface area contributed by atoms with E-state index in [9.17, 15) is 23.9 Å². The highest BCUT2D eigenvalue weighted by molar-refractivity contribution is 6.00. The highest BCUT2D eigenvalue weighted by Gasteiger charge is 2.34. The first-order valence-electron chi connectivity index (χ1n) is 14.2. The third-order valence-corrected chi connectivity index (χ3v) is 7.60. The number of nitrogens with one attached hydrogen (secondary N) is 2. The van der Waals surface area contributed by atoms with Crippen molar-refractivity contribution in [2.45, 2.75) is 32.4 Å². The van der Waals surface area contributed by atoms with Gasteiger partial charge >= 0.3 is 6.03 Å². The lowest BCUT2D eigenvalue weighted by atomic mass is 9.99. The minimum absolute atomic E-state index is 0.165. The lowest BCUT2D eigenvalue weighted by molar-refractivity contribution is -0.116. The highest BCUT2D eigenvalue weighted by Crippen LogP contribution is 2.31. The fourth-order valence-electron chi connectivity index (χ4n) is 4.93. The number of hydrogen-bond donors (Lipinski definition) is 3. The molecule has 12 heteroatoms. The SMILES string of the molecule is C[C@@H]1CN([C@@H](C)CO)C(=O)c2cc(NC(=O)CCN3CCOCC3)ccc2O[C@@H]1CN(C)C(=O)Nc1ccc(F)cc1. The minimum atomic E-state index is -0.497. The molecule has 228 valence electrons. The van der Waals surface area contributed by atoms with Crippen molar-refractivity contribution in [3.05, 3.63) is 53.8 Å². The van der Waals surface area contributed by atoms with E-state index in [1.165, 1.54) is 29.2 Å². The summed E-state index contributed by atoms with van der Waals surface area (Å²) in [5.41, 5.74) is 1.19. The molecule has 1 saturated heterocycles. The Labute approximate surface area is 245 Å². The van der Waals surface area contributed by atoms with Crippen molar-refractivity contribution in [3.63, 3.8) is 0 Å². The molecule has 0 spiro atoms. The molecule has 2 aliphatic heterocycles. The Morgan fingerprint density at radius 2 is 1.81 bits per heavy atom. The summed E-state index contributed by atoms with van der Waals surface area (Å²) in [5.74, 6) is -0.754. The second-order valence-electron chi connectivity index (χ2n) is 10.9. The molecule has 0 aromatic heterocycles. The Hall–Kier alpha value is -3.74. The van der Waals surface area contributed by atoms with E-state index in [4.69, 9.17) is 9.47 Å². The Kier molecular flexibility index (Phi) is 10.7. The number of morpholine rings is 1. The summed E-state index contributed by atoms with van der Waals surface area (Å²) in [4.78, 5) is 44.5. The van der Waals surface area contributed by atoms with E-state index in [2.05, 4.69) is 15.5 Å². The van der Waals surface area contributed by atoms with Crippen LogP contribution in [-0.2, 0) is 9.53 Å². The molecule has 3 atom stereocenters. The van der Waals surface area contributed by atoms with Crippen LogP contribution in [0.4, 0.5) is 20.6 Å². The van der Waals surface area contributed by atoms with Crippen molar-refractivity contribution < 1.29 is 33.4 Å². The standard InChI is InChI=1S/C30H40FN5O6/c1-20-17-36(21(2)19-37)29(39)25-16-24(32-28(38)10-11-35-12-14-41-15-13-35)8-9-26(25)42-27(20)18-34(3)30(40)33-23-6-4-22(31)5-7-23/h4-9,16,20-21,27,37H,10-15,17-19H2,1-3H3,(H,32,38)(H,33,40)/t20-,21+,27-/m1/s1. The van der Waals surface area contributed by atoms with Crippen molar-refractivity contribution in [3.8, 4) is 5.75 Å². The third-order valence-electron chi connectivity index (χ3n) is 7.60. The lowest BCUT2D eigenvalue weighted by Crippen LogP contribution is -2.50. The Balaban J connectivity index is 1.49. The van der Waals surface area contributed by atoms with E-state index < -0.39 is 24.0 Å². The molecular weight excluding hydrogens is 545 g/mol. The zero-order valence-electron chi connectivity index (χ0n) is 24.3. The predicted molar refractivity (Wildman–Crippen MR) is 156 cm³/mol. The molecule has 2 aromatic rings. The van der Waals surface area contributed by atoms with Crippen LogP contribution in [0.25, 0.3) is 0 Å². The molecule has 2 heterocycles. The van der Waals surface area contributed by atoms with Crippen LogP contribution in [0, 0.1) is 11.7 Å². The van der Waals surface area contributed by atoms with Crippen molar-refractivity contribution in [2.75, 3.05) is 70.2 Å². The largest absolute Gasteiger partial charge is 0.487 e. The third kappa shape index (κ3) is 8.17. The van der Waals surface area contributed by atoms with E-state index in [0.29, 0.717) is 43.3 Å². The number of carbonyl (C=O) groups excluding carboxylic acids is 3. The number of aliphatic hydroxyl groups excluding tert-OH is 1. The fourth-order valence-corrected chi connectivity index (χ4v) is 4.93. The van der Waals surface area contributed by atoms with Gasteiger partial charge in [0.1, 0.15) is 17.7 Å². The van der Waals surface area contributed by atoms with Crippen molar-refractivity contribution in [1.29, 1.82) is 0 Å². The normalized spacial score (nSPS) is 20.0. The van der Waals surface area contributed by atoms with Crippen LogP contribution in [0.15, 0.2) is 42.5 Å². The van der Waals surface area contributed by atoms with Gasteiger partial charge in [-0.25, -0.2) is 9.18 Å². The second-order valence-corrected chi connectivity index (χ2v) is 10.9. The van der Waals surface area contributed by atoms with E-state index in [-0.39, 0.29) is 43.0 Å². The summed E-state index contributed by atoms with van der Waals surface area (Å²) in [6.45, 7) is 7.47. The van der Waals surface area contributed by atoms with Crippen molar-refractivity contribution >= 4 is 29.2 Å². The first-order valence-corrected chi connectivity index (χ1v) is 14.2. The summed E-state index contributed by atoms with van der Waals surface area (Å²) in [7, 11) is 1.63. The van der Waals surface area contributed by atoms with E-state index in [1.807, 2.05) is 6.92 Å². The van der Waals surface area contributed by atoms with Gasteiger partial charge in [0.15, 0.2) is 0 Å². The lowest BCUT2D eigenvalue weighted by Gasteiger charge is -2.38. The molecule has 0 saturated carbocycles. The summed E-state index contributed by atoms with van der Waals surface area (Å²) in [6, 6.07) is 9.56. The van der Waals surface area contributed by atoms with Crippen LogP contribution in [0.2, 0.25) is 0 Å². The predicted octanol–water partition coefficient (Wildman–Crippen LogP) is 2.87. The maximum absolute atomic E-state index is 13.7. The van der Waals surface area contributed by atoms with Gasteiger partial charge < -0.3 is 35.0 Å². The number of rotatable bonds is 9. The molecule has 1 fully saturated rings. The van der Waals surface area contributed by atoms with Crippen molar-refractivity contribution in [1.82, 2.24) is 14.7 Å². The summed E-state index contributed by atoms with van der Waals surface area (Å²) in [6.07, 6.45) is -0.190. The van der Waals surface area contributed by atoms with Gasteiger partial charge in [0, 0.05) is 56.9 Å². The molecule has 4 rings (SSSR count). The average molecular weight is 586 g/mol. The van der Waals surface area contributed by atoms with Gasteiger partial charge in [0.25, 0.3) is 5.91 Å². The molecular formula is C30H40FN5O6. The molecule has 0 radical (unpaired) electrons. The number of anilines is 2. The summed E-state index contributed by atoms with van der Waals surface area (Å²) >= 11 is 0. The molecule has 4 amide bonds. The van der Waals surface area contributed by atoms with Gasteiger partial charge in [0.05, 0.1) is 38.0 Å². The quantitative estimate of drug-likeness (QED) is 0.414. The summed E-state index contributed by atoms with van der Waals surface area (Å²) in [5, 5.41) is 15.5. The van der Waals surface area contributed by atoms with E-state index in [0.717, 1.165) is 13.1 Å². The molecule has 0 aliphatic carbocycles. The van der Waals surface area contributed by atoms with Crippen LogP contribution in [0.5, 0.6) is 5.75 Å². The number of carbonyl (C=O) groups is 3. The smallest absolute Gasteiger partial charge is 0.321 e. The number of nitrogens with zero attached hydrogens (tertiary/aromatic N) is 3. The first-order chi connectivity index (χ1) is 20.1. The van der Waals surface area contributed by atoms with E-state index in [1.54, 1.807) is 37.1 Å². The number of urea groups is 1. The van der Waals surface area contributed by atoms with Crippen LogP contribution in [0.1, 0.15) is 30.6 Å². The molecule has 0 bridgehead atoms. The Bertz CT molecular complexity index is 1240. The highest BCUT2D eigenvalue weighted by atomic mass is 19.1. The number of benzene rings is 2. The van der Waals surface area contributed by atoms with Gasteiger partial charge in [-0.3, -0.25) is 14.5 Å². The number of halogens is 1. The number of amides is 4. The molecule has 2 aliphatic rings. The minimum Gasteiger partial charge on any atom is -0.487 e. The van der Waals surface area contributed by atoms with Crippen LogP contribution in [-0.4, -0.2) is 109 Å². The van der Waals surface area contributed by atoms with E-state index >= 15 is 0 Å². The van der Waals surface area contributed by atoms with Crippen LogP contribution < -0.4 is 15.4 Å².